The molecule has 0 spiro atoms. The molecule has 8 nitrogen and oxygen atoms in total. The zero-order chi connectivity index (χ0) is 32.1. The van der Waals surface area contributed by atoms with Crippen LogP contribution in [0.3, 0.4) is 0 Å². The van der Waals surface area contributed by atoms with Crippen LogP contribution in [-0.2, 0) is 29.3 Å². The van der Waals surface area contributed by atoms with E-state index in [9.17, 15) is 0 Å². The Morgan fingerprint density at radius 1 is 0.630 bits per heavy atom. The molecule has 0 N–H and O–H groups in total. The fraction of sp³-hybridized carbons (Fsp3) is 0.263. The molecular weight excluding hydrogens is 576 g/mol. The molecule has 4 aromatic rings. The number of nitrogens with zero attached hydrogens (tertiary/aromatic N) is 4. The molecule has 2 heterocycles. The summed E-state index contributed by atoms with van der Waals surface area (Å²) in [5.41, 5.74) is 6.01. The van der Waals surface area contributed by atoms with Crippen LogP contribution < -0.4 is 9.47 Å². The molecule has 0 atom stereocenters. The summed E-state index contributed by atoms with van der Waals surface area (Å²) in [6.07, 6.45) is 13.0. The number of pyridine rings is 2. The van der Waals surface area contributed by atoms with Gasteiger partial charge in [0.15, 0.2) is 0 Å². The van der Waals surface area contributed by atoms with Crippen LogP contribution in [-0.4, -0.2) is 55.3 Å². The molecule has 0 amide bonds. The average molecular weight is 619 g/mol. The second-order valence-corrected chi connectivity index (χ2v) is 10.3. The second kappa shape index (κ2) is 20.2. The Balaban J connectivity index is 1.04. The van der Waals surface area contributed by atoms with Gasteiger partial charge < -0.3 is 18.9 Å². The summed E-state index contributed by atoms with van der Waals surface area (Å²) in [5.74, 6) is 1.46. The summed E-state index contributed by atoms with van der Waals surface area (Å²) in [4.78, 5) is 17.6. The first-order chi connectivity index (χ1) is 22.7. The van der Waals surface area contributed by atoms with Crippen LogP contribution in [0.5, 0.6) is 11.5 Å². The van der Waals surface area contributed by atoms with E-state index >= 15 is 0 Å². The molecule has 4 rings (SSSR count). The molecule has 2 aromatic heterocycles. The first kappa shape index (κ1) is 34.0. The van der Waals surface area contributed by atoms with E-state index in [4.69, 9.17) is 18.9 Å². The van der Waals surface area contributed by atoms with E-state index in [1.165, 1.54) is 0 Å². The number of allylic oxidation sites excluding steroid dienone is 2. The Morgan fingerprint density at radius 3 is 1.67 bits per heavy atom. The topological polar surface area (TPSA) is 87.4 Å². The van der Waals surface area contributed by atoms with Gasteiger partial charge in [-0.25, -0.2) is 0 Å². The zero-order valence-corrected chi connectivity index (χ0v) is 26.6. The summed E-state index contributed by atoms with van der Waals surface area (Å²) in [6, 6.07) is 25.9. The molecule has 46 heavy (non-hydrogen) atoms. The first-order valence-corrected chi connectivity index (χ1v) is 15.4. The Bertz CT molecular complexity index is 1530. The van der Waals surface area contributed by atoms with Crippen molar-refractivity contribution in [3.05, 3.63) is 143 Å². The highest BCUT2D eigenvalue weighted by molar-refractivity contribution is 5.77. The normalized spacial score (nSPS) is 12.0. The quantitative estimate of drug-likeness (QED) is 0.0626. The highest BCUT2D eigenvalue weighted by Crippen LogP contribution is 2.12. The maximum Gasteiger partial charge on any atom is 0.138 e. The predicted octanol–water partition coefficient (Wildman–Crippen LogP) is 7.23. The van der Waals surface area contributed by atoms with Gasteiger partial charge in [0.2, 0.25) is 0 Å². The summed E-state index contributed by atoms with van der Waals surface area (Å²) < 4.78 is 23.1. The number of benzene rings is 2. The molecule has 0 bridgehead atoms. The van der Waals surface area contributed by atoms with E-state index in [0.717, 1.165) is 45.2 Å². The maximum absolute atomic E-state index is 5.78. The number of hydrogen-bond acceptors (Lipinski definition) is 8. The van der Waals surface area contributed by atoms with Crippen molar-refractivity contribution in [3.8, 4) is 11.5 Å². The number of hydrogen-bond donors (Lipinski definition) is 0. The molecule has 238 valence electrons. The molecule has 8 heteroatoms. The fourth-order valence-corrected chi connectivity index (χ4v) is 4.12. The van der Waals surface area contributed by atoms with Crippen LogP contribution in [0, 0.1) is 0 Å². The fourth-order valence-electron chi connectivity index (χ4n) is 4.12. The van der Waals surface area contributed by atoms with Crippen molar-refractivity contribution in [2.45, 2.75) is 33.7 Å². The Labute approximate surface area is 272 Å². The van der Waals surface area contributed by atoms with Gasteiger partial charge in [-0.2, -0.15) is 0 Å². The number of rotatable bonds is 19. The van der Waals surface area contributed by atoms with E-state index in [0.29, 0.717) is 52.7 Å². The summed E-state index contributed by atoms with van der Waals surface area (Å²) in [7, 11) is 0. The first-order valence-electron chi connectivity index (χ1n) is 15.4. The number of aliphatic imine (C=N–C) groups is 2. The Hall–Kier alpha value is -4.92. The van der Waals surface area contributed by atoms with Crippen LogP contribution >= 0.6 is 0 Å². The molecule has 0 aliphatic rings. The third kappa shape index (κ3) is 13.0. The van der Waals surface area contributed by atoms with Gasteiger partial charge in [0.05, 0.1) is 63.3 Å². The van der Waals surface area contributed by atoms with Crippen LogP contribution in [0.25, 0.3) is 0 Å². The van der Waals surface area contributed by atoms with E-state index < -0.39 is 0 Å². The van der Waals surface area contributed by atoms with Gasteiger partial charge in [-0.1, -0.05) is 72.8 Å². The van der Waals surface area contributed by atoms with Gasteiger partial charge in [0, 0.05) is 12.4 Å². The lowest BCUT2D eigenvalue weighted by Crippen LogP contribution is -2.01. The highest BCUT2D eigenvalue weighted by Gasteiger charge is 2.00. The average Bonchev–Trinajstić information content (AvgIpc) is 3.11. The lowest BCUT2D eigenvalue weighted by Gasteiger charge is -2.06. The van der Waals surface area contributed by atoms with Crippen molar-refractivity contribution in [2.24, 2.45) is 9.98 Å². The monoisotopic (exact) mass is 618 g/mol. The van der Waals surface area contributed by atoms with Gasteiger partial charge in [-0.3, -0.25) is 20.0 Å². The largest absolute Gasteiger partial charge is 0.487 e. The van der Waals surface area contributed by atoms with E-state index in [-0.39, 0.29) is 0 Å². The third-order valence-corrected chi connectivity index (χ3v) is 6.66. The molecule has 2 aromatic carbocycles. The maximum atomic E-state index is 5.78. The summed E-state index contributed by atoms with van der Waals surface area (Å²) in [5, 5.41) is 0. The van der Waals surface area contributed by atoms with Gasteiger partial charge in [0.25, 0.3) is 0 Å². The van der Waals surface area contributed by atoms with Gasteiger partial charge >= 0.3 is 0 Å². The van der Waals surface area contributed by atoms with Crippen LogP contribution in [0.4, 0.5) is 0 Å². The molecule has 0 aliphatic carbocycles. The molecule has 0 fully saturated rings. The van der Waals surface area contributed by atoms with Crippen LogP contribution in [0.1, 0.15) is 41.9 Å². The van der Waals surface area contributed by atoms with Gasteiger partial charge in [-0.15, -0.1) is 0 Å². The van der Waals surface area contributed by atoms with Crippen LogP contribution in [0.2, 0.25) is 0 Å². The van der Waals surface area contributed by atoms with E-state index in [2.05, 4.69) is 44.2 Å². The minimum absolute atomic E-state index is 0.516. The number of aromatic nitrogens is 2. The molecular formula is C38H42N4O4. The van der Waals surface area contributed by atoms with Gasteiger partial charge in [-0.05, 0) is 60.4 Å². The van der Waals surface area contributed by atoms with E-state index in [1.54, 1.807) is 24.8 Å². The SMILES string of the molecule is C/C=C\C(=C/C)COc1ccc(C=NCCOCc2ccc(COCCN=Cc3ccc(OCc4ccccc4)cn3)cc2)nc1. The second-order valence-electron chi connectivity index (χ2n) is 10.3. The van der Waals surface area contributed by atoms with Gasteiger partial charge in [0.1, 0.15) is 24.7 Å². The van der Waals surface area contributed by atoms with Crippen molar-refractivity contribution in [3.63, 3.8) is 0 Å². The van der Waals surface area contributed by atoms with Crippen molar-refractivity contribution >= 4 is 12.4 Å². The molecule has 0 aliphatic heterocycles. The summed E-state index contributed by atoms with van der Waals surface area (Å²) in [6.45, 7) is 8.27. The zero-order valence-electron chi connectivity index (χ0n) is 26.6. The molecule has 0 unspecified atom stereocenters. The lowest BCUT2D eigenvalue weighted by atomic mass is 10.1. The van der Waals surface area contributed by atoms with Crippen molar-refractivity contribution < 1.29 is 18.9 Å². The number of ether oxygens (including phenoxy) is 4. The van der Waals surface area contributed by atoms with Crippen molar-refractivity contribution in [1.29, 1.82) is 0 Å². The minimum Gasteiger partial charge on any atom is -0.487 e. The molecule has 0 saturated carbocycles. The smallest absolute Gasteiger partial charge is 0.138 e. The third-order valence-electron chi connectivity index (χ3n) is 6.66. The van der Waals surface area contributed by atoms with Crippen LogP contribution in [0.15, 0.2) is 125 Å². The highest BCUT2D eigenvalue weighted by atomic mass is 16.5. The Kier molecular flexibility index (Phi) is 14.9. The standard InChI is InChI=1S/C38H42N4O4/c1-3-8-31(4-2)29-45-37-17-15-35(41-25-37)23-39-19-21-43-27-33-11-13-34(14-12-33)28-44-22-20-40-24-36-16-18-38(26-42-36)46-30-32-9-6-5-7-10-32/h3-18,23-26H,19-22,27-30H2,1-2H3/b8-3-,31-4+,39-23?,40-24?. The molecule has 0 saturated heterocycles. The lowest BCUT2D eigenvalue weighted by molar-refractivity contribution is 0.126. The molecule has 0 radical (unpaired) electrons. The van der Waals surface area contributed by atoms with E-state index in [1.807, 2.05) is 86.7 Å². The predicted molar refractivity (Wildman–Crippen MR) is 184 cm³/mol. The summed E-state index contributed by atoms with van der Waals surface area (Å²) >= 11 is 0. The minimum atomic E-state index is 0.516. The van der Waals surface area contributed by atoms with Crippen molar-refractivity contribution in [2.75, 3.05) is 32.9 Å². The van der Waals surface area contributed by atoms with Crippen molar-refractivity contribution in [1.82, 2.24) is 9.97 Å². The Morgan fingerprint density at radius 2 is 1.17 bits per heavy atom.